The average Bonchev–Trinajstić information content (AvgIpc) is 2.77. The summed E-state index contributed by atoms with van der Waals surface area (Å²) < 4.78 is 2.03. The van der Waals surface area contributed by atoms with Gasteiger partial charge in [-0.1, -0.05) is 11.6 Å². The summed E-state index contributed by atoms with van der Waals surface area (Å²) in [5, 5.41) is 4.13. The van der Waals surface area contributed by atoms with Crippen LogP contribution in [0.1, 0.15) is 10.6 Å². The zero-order valence-electron chi connectivity index (χ0n) is 8.40. The lowest BCUT2D eigenvalue weighted by atomic mass is 10.4. The summed E-state index contributed by atoms with van der Waals surface area (Å²) in [7, 11) is 2.00. The summed E-state index contributed by atoms with van der Waals surface area (Å²) >= 11 is 7.55. The molecule has 0 aliphatic rings. The Morgan fingerprint density at radius 1 is 1.53 bits per heavy atom. The zero-order chi connectivity index (χ0) is 10.7. The molecule has 2 heterocycles. The minimum Gasteiger partial charge on any atom is -0.352 e. The molecule has 0 atom stereocenters. The summed E-state index contributed by atoms with van der Waals surface area (Å²) in [6, 6.07) is 1.97. The highest BCUT2D eigenvalue weighted by atomic mass is 35.5. The van der Waals surface area contributed by atoms with Gasteiger partial charge in [0.2, 0.25) is 0 Å². The summed E-state index contributed by atoms with van der Waals surface area (Å²) in [6.45, 7) is 1.68. The van der Waals surface area contributed by atoms with E-state index in [0.29, 0.717) is 0 Å². The summed E-state index contributed by atoms with van der Waals surface area (Å²) in [6.07, 6.45) is 3.79. The molecule has 0 aliphatic carbocycles. The van der Waals surface area contributed by atoms with Crippen molar-refractivity contribution in [3.05, 3.63) is 39.6 Å². The molecule has 1 N–H and O–H groups in total. The highest BCUT2D eigenvalue weighted by molar-refractivity contribution is 7.09. The average molecular weight is 242 g/mol. The van der Waals surface area contributed by atoms with Gasteiger partial charge in [0.1, 0.15) is 0 Å². The van der Waals surface area contributed by atoms with Crippen LogP contribution >= 0.6 is 22.9 Å². The van der Waals surface area contributed by atoms with E-state index in [0.717, 1.165) is 18.1 Å². The number of halogens is 1. The second-order valence-electron chi connectivity index (χ2n) is 3.33. The fourth-order valence-corrected chi connectivity index (χ4v) is 2.22. The molecule has 2 aromatic heterocycles. The smallest absolute Gasteiger partial charge is 0.0794 e. The van der Waals surface area contributed by atoms with Crippen molar-refractivity contribution in [3.8, 4) is 0 Å². The highest BCUT2D eigenvalue weighted by Crippen LogP contribution is 2.12. The number of hydrogen-bond donors (Lipinski definition) is 1. The van der Waals surface area contributed by atoms with E-state index >= 15 is 0 Å². The molecule has 0 spiro atoms. The van der Waals surface area contributed by atoms with Gasteiger partial charge in [-0.25, -0.2) is 0 Å². The van der Waals surface area contributed by atoms with E-state index in [-0.39, 0.29) is 0 Å². The third-order valence-electron chi connectivity index (χ3n) is 2.16. The van der Waals surface area contributed by atoms with E-state index in [1.54, 1.807) is 11.3 Å². The molecular formula is C10H12ClN3S. The van der Waals surface area contributed by atoms with Crippen LogP contribution in [0.25, 0.3) is 0 Å². The number of rotatable bonds is 4. The lowest BCUT2D eigenvalue weighted by Crippen LogP contribution is -2.13. The van der Waals surface area contributed by atoms with Crippen molar-refractivity contribution < 1.29 is 0 Å². The van der Waals surface area contributed by atoms with Gasteiger partial charge in [0.25, 0.3) is 0 Å². The quantitative estimate of drug-likeness (QED) is 0.891. The second kappa shape index (κ2) is 4.79. The Hall–Kier alpha value is -0.840. The number of aryl methyl sites for hydroxylation is 1. The van der Waals surface area contributed by atoms with Crippen molar-refractivity contribution in [2.24, 2.45) is 7.05 Å². The maximum atomic E-state index is 5.89. The van der Waals surface area contributed by atoms with Gasteiger partial charge < -0.3 is 9.88 Å². The molecule has 5 heteroatoms. The van der Waals surface area contributed by atoms with Gasteiger partial charge in [0, 0.05) is 43.1 Å². The molecule has 80 valence electrons. The molecular weight excluding hydrogens is 230 g/mol. The molecule has 15 heavy (non-hydrogen) atoms. The lowest BCUT2D eigenvalue weighted by Gasteiger charge is -2.03. The normalized spacial score (nSPS) is 10.8. The Kier molecular flexibility index (Phi) is 3.41. The fraction of sp³-hybridized carbons (Fsp3) is 0.300. The SMILES string of the molecule is Cn1cc(Cl)cc1CNCc1cncs1. The molecule has 2 rings (SSSR count). The first-order valence-corrected chi connectivity index (χ1v) is 5.90. The molecule has 0 fully saturated rings. The van der Waals surface area contributed by atoms with Crippen LogP contribution in [0.3, 0.4) is 0 Å². The number of nitrogens with zero attached hydrogens (tertiary/aromatic N) is 2. The van der Waals surface area contributed by atoms with Crippen LogP contribution < -0.4 is 5.32 Å². The Morgan fingerprint density at radius 2 is 2.40 bits per heavy atom. The number of hydrogen-bond acceptors (Lipinski definition) is 3. The number of thiazole rings is 1. The molecule has 0 bridgehead atoms. The van der Waals surface area contributed by atoms with Crippen LogP contribution in [0.2, 0.25) is 5.02 Å². The predicted molar refractivity (Wildman–Crippen MR) is 63.1 cm³/mol. The van der Waals surface area contributed by atoms with Crippen molar-refractivity contribution in [1.29, 1.82) is 0 Å². The van der Waals surface area contributed by atoms with E-state index in [1.165, 1.54) is 10.6 Å². The van der Waals surface area contributed by atoms with Crippen LogP contribution in [-0.2, 0) is 20.1 Å². The summed E-state index contributed by atoms with van der Waals surface area (Å²) in [5.41, 5.74) is 3.03. The van der Waals surface area contributed by atoms with Crippen LogP contribution in [0.5, 0.6) is 0 Å². The van der Waals surface area contributed by atoms with Gasteiger partial charge >= 0.3 is 0 Å². The van der Waals surface area contributed by atoms with E-state index in [9.17, 15) is 0 Å². The van der Waals surface area contributed by atoms with Crippen LogP contribution in [0.15, 0.2) is 24.0 Å². The van der Waals surface area contributed by atoms with Crippen LogP contribution in [0.4, 0.5) is 0 Å². The third kappa shape index (κ3) is 2.81. The Balaban J connectivity index is 1.86. The van der Waals surface area contributed by atoms with Crippen molar-refractivity contribution in [1.82, 2.24) is 14.9 Å². The topological polar surface area (TPSA) is 29.9 Å². The first-order chi connectivity index (χ1) is 7.25. The Morgan fingerprint density at radius 3 is 3.00 bits per heavy atom. The molecule has 0 amide bonds. The van der Waals surface area contributed by atoms with Crippen molar-refractivity contribution in [2.75, 3.05) is 0 Å². The van der Waals surface area contributed by atoms with E-state index in [4.69, 9.17) is 11.6 Å². The molecule has 0 unspecified atom stereocenters. The molecule has 0 aliphatic heterocycles. The Bertz CT molecular complexity index is 422. The van der Waals surface area contributed by atoms with Crippen molar-refractivity contribution >= 4 is 22.9 Å². The molecule has 0 saturated carbocycles. The van der Waals surface area contributed by atoms with Gasteiger partial charge in [-0.05, 0) is 6.07 Å². The third-order valence-corrected chi connectivity index (χ3v) is 3.15. The highest BCUT2D eigenvalue weighted by Gasteiger charge is 2.01. The molecule has 0 radical (unpaired) electrons. The van der Waals surface area contributed by atoms with Gasteiger partial charge in [0.15, 0.2) is 0 Å². The maximum absolute atomic E-state index is 5.89. The Labute approximate surface area is 97.7 Å². The summed E-state index contributed by atoms with van der Waals surface area (Å²) in [5.74, 6) is 0. The van der Waals surface area contributed by atoms with E-state index in [1.807, 2.05) is 35.6 Å². The van der Waals surface area contributed by atoms with Gasteiger partial charge in [-0.3, -0.25) is 4.98 Å². The predicted octanol–water partition coefficient (Wildman–Crippen LogP) is 2.42. The van der Waals surface area contributed by atoms with Gasteiger partial charge in [-0.2, -0.15) is 0 Å². The minimum atomic E-state index is 0.784. The minimum absolute atomic E-state index is 0.784. The first kappa shape index (κ1) is 10.7. The van der Waals surface area contributed by atoms with Gasteiger partial charge in [-0.15, -0.1) is 11.3 Å². The molecule has 2 aromatic rings. The second-order valence-corrected chi connectivity index (χ2v) is 4.74. The lowest BCUT2D eigenvalue weighted by molar-refractivity contribution is 0.660. The number of nitrogens with one attached hydrogen (secondary N) is 1. The van der Waals surface area contributed by atoms with Crippen molar-refractivity contribution in [3.63, 3.8) is 0 Å². The molecule has 0 saturated heterocycles. The van der Waals surface area contributed by atoms with Gasteiger partial charge in [0.05, 0.1) is 10.5 Å². The van der Waals surface area contributed by atoms with E-state index in [2.05, 4.69) is 10.3 Å². The molecule has 3 nitrogen and oxygen atoms in total. The van der Waals surface area contributed by atoms with Crippen molar-refractivity contribution in [2.45, 2.75) is 13.1 Å². The standard InChI is InChI=1S/C10H12ClN3S/c1-14-6-8(11)2-9(14)3-12-4-10-5-13-7-15-10/h2,5-7,12H,3-4H2,1H3. The number of aromatic nitrogens is 2. The monoisotopic (exact) mass is 241 g/mol. The molecule has 0 aromatic carbocycles. The summed E-state index contributed by atoms with van der Waals surface area (Å²) in [4.78, 5) is 5.27. The van der Waals surface area contributed by atoms with E-state index < -0.39 is 0 Å². The van der Waals surface area contributed by atoms with Crippen LogP contribution in [0, 0.1) is 0 Å². The largest absolute Gasteiger partial charge is 0.352 e. The first-order valence-electron chi connectivity index (χ1n) is 4.64. The maximum Gasteiger partial charge on any atom is 0.0794 e. The fourth-order valence-electron chi connectivity index (χ4n) is 1.39. The zero-order valence-corrected chi connectivity index (χ0v) is 9.98. The van der Waals surface area contributed by atoms with Crippen LogP contribution in [-0.4, -0.2) is 9.55 Å².